The molecule has 1 N–H and O–H groups in total. The Labute approximate surface area is 90.6 Å². The third-order valence-corrected chi connectivity index (χ3v) is 2.84. The first-order chi connectivity index (χ1) is 6.97. The number of ether oxygens (including phenoxy) is 2. The molecule has 1 fully saturated rings. The van der Waals surface area contributed by atoms with Crippen molar-refractivity contribution in [2.75, 3.05) is 6.61 Å². The standard InChI is InChI=1S/C11H20O4/c1-4-9(10(12)13)7-11(3)14-6-5-8(2)15-11/h8-9H,4-7H2,1-3H3,(H,12,13)/t8-,9-,11+/m0/s1. The minimum absolute atomic E-state index is 0.148. The van der Waals surface area contributed by atoms with Crippen LogP contribution in [0.3, 0.4) is 0 Å². The van der Waals surface area contributed by atoms with Crippen molar-refractivity contribution in [3.05, 3.63) is 0 Å². The Hall–Kier alpha value is -0.610. The van der Waals surface area contributed by atoms with Gasteiger partial charge in [0.1, 0.15) is 0 Å². The van der Waals surface area contributed by atoms with Gasteiger partial charge >= 0.3 is 5.97 Å². The first kappa shape index (κ1) is 12.5. The summed E-state index contributed by atoms with van der Waals surface area (Å²) in [7, 11) is 0. The van der Waals surface area contributed by atoms with Gasteiger partial charge in [-0.25, -0.2) is 0 Å². The smallest absolute Gasteiger partial charge is 0.306 e. The van der Waals surface area contributed by atoms with Crippen LogP contribution in [-0.2, 0) is 14.3 Å². The number of carboxylic acid groups (broad SMARTS) is 1. The van der Waals surface area contributed by atoms with E-state index in [9.17, 15) is 4.79 Å². The monoisotopic (exact) mass is 216 g/mol. The maximum Gasteiger partial charge on any atom is 0.306 e. The van der Waals surface area contributed by atoms with Crippen LogP contribution in [0.1, 0.15) is 40.0 Å². The lowest BCUT2D eigenvalue weighted by Gasteiger charge is -2.38. The molecule has 1 saturated heterocycles. The van der Waals surface area contributed by atoms with Gasteiger partial charge in [-0.3, -0.25) is 4.79 Å². The molecule has 1 aliphatic rings. The van der Waals surface area contributed by atoms with E-state index in [0.29, 0.717) is 19.4 Å². The lowest BCUT2D eigenvalue weighted by atomic mass is 9.96. The summed E-state index contributed by atoms with van der Waals surface area (Å²) in [5.74, 6) is -1.89. The molecule has 3 atom stereocenters. The fraction of sp³-hybridized carbons (Fsp3) is 0.909. The van der Waals surface area contributed by atoms with Crippen LogP contribution in [0.4, 0.5) is 0 Å². The highest BCUT2D eigenvalue weighted by Gasteiger charge is 2.36. The zero-order valence-corrected chi connectivity index (χ0v) is 9.66. The van der Waals surface area contributed by atoms with Crippen LogP contribution in [0.25, 0.3) is 0 Å². The molecule has 0 amide bonds. The van der Waals surface area contributed by atoms with Crippen molar-refractivity contribution in [1.82, 2.24) is 0 Å². The van der Waals surface area contributed by atoms with E-state index < -0.39 is 11.8 Å². The van der Waals surface area contributed by atoms with E-state index in [0.717, 1.165) is 6.42 Å². The number of hydrogen-bond acceptors (Lipinski definition) is 3. The first-order valence-corrected chi connectivity index (χ1v) is 5.51. The molecule has 0 aromatic heterocycles. The van der Waals surface area contributed by atoms with Gasteiger partial charge in [0, 0.05) is 6.42 Å². The van der Waals surface area contributed by atoms with Gasteiger partial charge in [-0.1, -0.05) is 6.92 Å². The van der Waals surface area contributed by atoms with Crippen LogP contribution >= 0.6 is 0 Å². The Kier molecular flexibility index (Phi) is 4.11. The Morgan fingerprint density at radius 2 is 2.33 bits per heavy atom. The van der Waals surface area contributed by atoms with Gasteiger partial charge in [0.15, 0.2) is 5.79 Å². The van der Waals surface area contributed by atoms with Crippen LogP contribution in [-0.4, -0.2) is 29.6 Å². The molecule has 1 heterocycles. The molecular formula is C11H20O4. The van der Waals surface area contributed by atoms with Gasteiger partial charge in [-0.2, -0.15) is 0 Å². The Balaban J connectivity index is 2.57. The van der Waals surface area contributed by atoms with Gasteiger partial charge in [-0.15, -0.1) is 0 Å². The number of carboxylic acids is 1. The molecule has 1 aliphatic heterocycles. The van der Waals surface area contributed by atoms with E-state index in [2.05, 4.69) is 0 Å². The summed E-state index contributed by atoms with van der Waals surface area (Å²) in [4.78, 5) is 10.9. The maximum absolute atomic E-state index is 10.9. The fourth-order valence-corrected chi connectivity index (χ4v) is 1.92. The molecule has 1 rings (SSSR count). The van der Waals surface area contributed by atoms with E-state index in [1.54, 1.807) is 0 Å². The summed E-state index contributed by atoms with van der Waals surface area (Å²) in [5.41, 5.74) is 0. The maximum atomic E-state index is 10.9. The van der Waals surface area contributed by atoms with Gasteiger partial charge in [-0.05, 0) is 26.7 Å². The predicted octanol–water partition coefficient (Wildman–Crippen LogP) is 2.03. The van der Waals surface area contributed by atoms with Crippen molar-refractivity contribution >= 4 is 5.97 Å². The summed E-state index contributed by atoms with van der Waals surface area (Å²) in [6, 6.07) is 0. The fourth-order valence-electron chi connectivity index (χ4n) is 1.92. The van der Waals surface area contributed by atoms with Crippen molar-refractivity contribution in [2.45, 2.75) is 51.9 Å². The molecule has 0 aromatic rings. The minimum Gasteiger partial charge on any atom is -0.481 e. The topological polar surface area (TPSA) is 55.8 Å². The van der Waals surface area contributed by atoms with E-state index >= 15 is 0 Å². The molecule has 15 heavy (non-hydrogen) atoms. The molecule has 0 saturated carbocycles. The minimum atomic E-state index is -0.774. The first-order valence-electron chi connectivity index (χ1n) is 5.51. The third-order valence-electron chi connectivity index (χ3n) is 2.84. The number of aliphatic carboxylic acids is 1. The molecule has 0 bridgehead atoms. The average Bonchev–Trinajstić information content (AvgIpc) is 2.13. The average molecular weight is 216 g/mol. The number of rotatable bonds is 4. The quantitative estimate of drug-likeness (QED) is 0.781. The highest BCUT2D eigenvalue weighted by molar-refractivity contribution is 5.69. The zero-order chi connectivity index (χ0) is 11.5. The van der Waals surface area contributed by atoms with Gasteiger partial charge in [0.25, 0.3) is 0 Å². The van der Waals surface area contributed by atoms with Crippen LogP contribution in [0.5, 0.6) is 0 Å². The Morgan fingerprint density at radius 1 is 1.67 bits per heavy atom. The van der Waals surface area contributed by atoms with Gasteiger partial charge < -0.3 is 14.6 Å². The van der Waals surface area contributed by atoms with E-state index in [4.69, 9.17) is 14.6 Å². The number of hydrogen-bond donors (Lipinski definition) is 1. The zero-order valence-electron chi connectivity index (χ0n) is 9.66. The molecule has 4 nitrogen and oxygen atoms in total. The molecule has 0 radical (unpaired) electrons. The summed E-state index contributed by atoms with van der Waals surface area (Å²) >= 11 is 0. The van der Waals surface area contributed by atoms with Crippen molar-refractivity contribution in [3.8, 4) is 0 Å². The second-order valence-corrected chi connectivity index (χ2v) is 4.35. The molecular weight excluding hydrogens is 196 g/mol. The molecule has 4 heteroatoms. The second-order valence-electron chi connectivity index (χ2n) is 4.35. The van der Waals surface area contributed by atoms with Crippen molar-refractivity contribution in [1.29, 1.82) is 0 Å². The van der Waals surface area contributed by atoms with Gasteiger partial charge in [0.2, 0.25) is 0 Å². The lowest BCUT2D eigenvalue weighted by Crippen LogP contribution is -2.43. The molecule has 0 aromatic carbocycles. The lowest BCUT2D eigenvalue weighted by molar-refractivity contribution is -0.287. The predicted molar refractivity (Wildman–Crippen MR) is 55.6 cm³/mol. The molecule has 0 spiro atoms. The largest absolute Gasteiger partial charge is 0.481 e. The van der Waals surface area contributed by atoms with Gasteiger partial charge in [0.05, 0.1) is 18.6 Å². The van der Waals surface area contributed by atoms with Crippen molar-refractivity contribution < 1.29 is 19.4 Å². The highest BCUT2D eigenvalue weighted by atomic mass is 16.7. The van der Waals surface area contributed by atoms with Crippen LogP contribution in [0, 0.1) is 5.92 Å². The highest BCUT2D eigenvalue weighted by Crippen LogP contribution is 2.30. The van der Waals surface area contributed by atoms with Crippen molar-refractivity contribution in [3.63, 3.8) is 0 Å². The molecule has 88 valence electrons. The van der Waals surface area contributed by atoms with Crippen LogP contribution in [0.2, 0.25) is 0 Å². The summed E-state index contributed by atoms with van der Waals surface area (Å²) in [6.45, 7) is 6.33. The van der Waals surface area contributed by atoms with E-state index in [1.807, 2.05) is 20.8 Å². The molecule has 0 aliphatic carbocycles. The Morgan fingerprint density at radius 3 is 2.80 bits per heavy atom. The summed E-state index contributed by atoms with van der Waals surface area (Å²) in [6.07, 6.45) is 2.05. The summed E-state index contributed by atoms with van der Waals surface area (Å²) < 4.78 is 11.2. The van der Waals surface area contributed by atoms with Crippen LogP contribution < -0.4 is 0 Å². The molecule has 0 unspecified atom stereocenters. The normalized spacial score (nSPS) is 33.7. The van der Waals surface area contributed by atoms with Crippen molar-refractivity contribution in [2.24, 2.45) is 5.92 Å². The third kappa shape index (κ3) is 3.47. The SMILES string of the molecule is CC[C@@H](C[C@]1(C)OCC[C@H](C)O1)C(=O)O. The van der Waals surface area contributed by atoms with Crippen LogP contribution in [0.15, 0.2) is 0 Å². The Bertz CT molecular complexity index is 229. The number of carbonyl (C=O) groups is 1. The van der Waals surface area contributed by atoms with E-state index in [-0.39, 0.29) is 12.0 Å². The van der Waals surface area contributed by atoms with E-state index in [1.165, 1.54) is 0 Å². The summed E-state index contributed by atoms with van der Waals surface area (Å²) in [5, 5.41) is 8.97. The second kappa shape index (κ2) is 4.94.